The quantitative estimate of drug-likeness (QED) is 0.557. The average Bonchev–Trinajstić information content (AvgIpc) is 3.66. The van der Waals surface area contributed by atoms with Crippen molar-refractivity contribution in [3.8, 4) is 5.75 Å². The van der Waals surface area contributed by atoms with Crippen molar-refractivity contribution in [3.63, 3.8) is 0 Å². The summed E-state index contributed by atoms with van der Waals surface area (Å²) in [5.74, 6) is 0.415. The maximum absolute atomic E-state index is 13.2. The van der Waals surface area contributed by atoms with Gasteiger partial charge in [0.1, 0.15) is 5.75 Å². The van der Waals surface area contributed by atoms with Crippen molar-refractivity contribution >= 4 is 23.4 Å². The molecule has 0 radical (unpaired) electrons. The molecular weight excluding hydrogens is 430 g/mol. The Hall–Kier alpha value is -3.35. The summed E-state index contributed by atoms with van der Waals surface area (Å²) in [5, 5.41) is 5.94. The minimum atomic E-state index is -0.449. The van der Waals surface area contributed by atoms with E-state index in [0.717, 1.165) is 48.2 Å². The lowest BCUT2D eigenvalue weighted by molar-refractivity contribution is -0.129. The molecular formula is C27H33N3O4. The van der Waals surface area contributed by atoms with Crippen LogP contribution in [0.15, 0.2) is 48.5 Å². The van der Waals surface area contributed by atoms with E-state index in [0.29, 0.717) is 13.1 Å². The molecule has 0 bridgehead atoms. The SMILES string of the molecule is CCCCN1C(=O)CC(C(=O)NCc2ccc(NC(=O)C3CC3)cc2)C1c1ccc(OC)cc1. The second-order valence-electron chi connectivity index (χ2n) is 9.15. The van der Waals surface area contributed by atoms with Crippen molar-refractivity contribution < 1.29 is 19.1 Å². The average molecular weight is 464 g/mol. The molecule has 2 N–H and O–H groups in total. The molecule has 7 heteroatoms. The minimum absolute atomic E-state index is 0.0187. The Morgan fingerprint density at radius 1 is 1.03 bits per heavy atom. The zero-order valence-corrected chi connectivity index (χ0v) is 19.9. The van der Waals surface area contributed by atoms with Gasteiger partial charge in [-0.3, -0.25) is 14.4 Å². The van der Waals surface area contributed by atoms with Gasteiger partial charge in [0.15, 0.2) is 0 Å². The molecule has 2 aliphatic rings. The molecule has 3 amide bonds. The molecule has 7 nitrogen and oxygen atoms in total. The Bertz CT molecular complexity index is 1020. The van der Waals surface area contributed by atoms with Crippen molar-refractivity contribution in [3.05, 3.63) is 59.7 Å². The van der Waals surface area contributed by atoms with E-state index >= 15 is 0 Å². The van der Waals surface area contributed by atoms with Crippen LogP contribution in [0, 0.1) is 11.8 Å². The lowest BCUT2D eigenvalue weighted by Crippen LogP contribution is -2.35. The highest BCUT2D eigenvalue weighted by atomic mass is 16.5. The lowest BCUT2D eigenvalue weighted by atomic mass is 9.92. The number of amides is 3. The number of hydrogen-bond donors (Lipinski definition) is 2. The van der Waals surface area contributed by atoms with Crippen LogP contribution in [0.5, 0.6) is 5.75 Å². The number of anilines is 1. The van der Waals surface area contributed by atoms with Gasteiger partial charge in [-0.25, -0.2) is 0 Å². The van der Waals surface area contributed by atoms with Gasteiger partial charge in [-0.15, -0.1) is 0 Å². The van der Waals surface area contributed by atoms with Gasteiger partial charge < -0.3 is 20.3 Å². The van der Waals surface area contributed by atoms with E-state index in [2.05, 4.69) is 17.6 Å². The molecule has 1 heterocycles. The summed E-state index contributed by atoms with van der Waals surface area (Å²) in [4.78, 5) is 39.8. The fraction of sp³-hybridized carbons (Fsp3) is 0.444. The van der Waals surface area contributed by atoms with Crippen LogP contribution < -0.4 is 15.4 Å². The van der Waals surface area contributed by atoms with E-state index in [4.69, 9.17) is 4.74 Å². The van der Waals surface area contributed by atoms with Crippen molar-refractivity contribution in [2.45, 2.75) is 51.6 Å². The van der Waals surface area contributed by atoms with Gasteiger partial charge in [-0.2, -0.15) is 0 Å². The maximum atomic E-state index is 13.2. The molecule has 2 atom stereocenters. The predicted octanol–water partition coefficient (Wildman–Crippen LogP) is 4.05. The van der Waals surface area contributed by atoms with Crippen molar-refractivity contribution in [1.29, 1.82) is 0 Å². The highest BCUT2D eigenvalue weighted by Crippen LogP contribution is 2.39. The smallest absolute Gasteiger partial charge is 0.227 e. The second kappa shape index (κ2) is 10.7. The predicted molar refractivity (Wildman–Crippen MR) is 130 cm³/mol. The van der Waals surface area contributed by atoms with Gasteiger partial charge >= 0.3 is 0 Å². The monoisotopic (exact) mass is 463 g/mol. The van der Waals surface area contributed by atoms with Crippen LogP contribution >= 0.6 is 0 Å². The van der Waals surface area contributed by atoms with Crippen molar-refractivity contribution in [2.75, 3.05) is 19.0 Å². The number of nitrogens with zero attached hydrogens (tertiary/aromatic N) is 1. The van der Waals surface area contributed by atoms with Crippen LogP contribution in [0.4, 0.5) is 5.69 Å². The first-order valence-electron chi connectivity index (χ1n) is 12.1. The summed E-state index contributed by atoms with van der Waals surface area (Å²) < 4.78 is 5.27. The first-order chi connectivity index (χ1) is 16.5. The number of nitrogens with one attached hydrogen (secondary N) is 2. The maximum Gasteiger partial charge on any atom is 0.227 e. The van der Waals surface area contributed by atoms with E-state index in [1.54, 1.807) is 7.11 Å². The number of ether oxygens (including phenoxy) is 1. The molecule has 2 fully saturated rings. The Morgan fingerprint density at radius 3 is 2.35 bits per heavy atom. The van der Waals surface area contributed by atoms with E-state index in [9.17, 15) is 14.4 Å². The van der Waals surface area contributed by atoms with Gasteiger partial charge in [0.05, 0.1) is 19.1 Å². The number of likely N-dealkylation sites (tertiary alicyclic amines) is 1. The van der Waals surface area contributed by atoms with Gasteiger partial charge in [-0.1, -0.05) is 37.6 Å². The highest BCUT2D eigenvalue weighted by Gasteiger charge is 2.44. The van der Waals surface area contributed by atoms with E-state index in [1.165, 1.54) is 0 Å². The molecule has 2 unspecified atom stereocenters. The molecule has 1 saturated heterocycles. The molecule has 1 aliphatic carbocycles. The summed E-state index contributed by atoms with van der Waals surface area (Å²) in [6.07, 6.45) is 4.02. The number of benzene rings is 2. The topological polar surface area (TPSA) is 87.7 Å². The first kappa shape index (κ1) is 23.8. The van der Waals surface area contributed by atoms with Crippen LogP contribution in [0.2, 0.25) is 0 Å². The fourth-order valence-corrected chi connectivity index (χ4v) is 4.45. The zero-order valence-electron chi connectivity index (χ0n) is 19.9. The molecule has 34 heavy (non-hydrogen) atoms. The van der Waals surface area contributed by atoms with Gasteiger partial charge in [0, 0.05) is 31.1 Å². The largest absolute Gasteiger partial charge is 0.497 e. The summed E-state index contributed by atoms with van der Waals surface area (Å²) in [6, 6.07) is 14.8. The van der Waals surface area contributed by atoms with Gasteiger partial charge in [0.2, 0.25) is 17.7 Å². The molecule has 2 aromatic carbocycles. The summed E-state index contributed by atoms with van der Waals surface area (Å²) in [6.45, 7) is 3.10. The molecule has 1 saturated carbocycles. The second-order valence-corrected chi connectivity index (χ2v) is 9.15. The van der Waals surface area contributed by atoms with Crippen molar-refractivity contribution in [2.24, 2.45) is 11.8 Å². The Morgan fingerprint density at radius 2 is 1.74 bits per heavy atom. The molecule has 0 spiro atoms. The van der Waals surface area contributed by atoms with Crippen LogP contribution in [0.1, 0.15) is 56.2 Å². The van der Waals surface area contributed by atoms with Crippen LogP contribution in [0.3, 0.4) is 0 Å². The minimum Gasteiger partial charge on any atom is -0.497 e. The van der Waals surface area contributed by atoms with Gasteiger partial charge in [0.25, 0.3) is 0 Å². The Labute approximate surface area is 200 Å². The molecule has 4 rings (SSSR count). The lowest BCUT2D eigenvalue weighted by Gasteiger charge is -2.28. The number of rotatable bonds is 10. The zero-order chi connectivity index (χ0) is 24.1. The Balaban J connectivity index is 1.42. The highest BCUT2D eigenvalue weighted by molar-refractivity contribution is 5.94. The number of carbonyl (C=O) groups excluding carboxylic acids is 3. The third-order valence-electron chi connectivity index (χ3n) is 6.61. The number of hydrogen-bond acceptors (Lipinski definition) is 4. The van der Waals surface area contributed by atoms with E-state index in [1.807, 2.05) is 53.4 Å². The summed E-state index contributed by atoms with van der Waals surface area (Å²) in [5.41, 5.74) is 2.64. The normalized spacial score (nSPS) is 19.7. The van der Waals surface area contributed by atoms with Crippen molar-refractivity contribution in [1.82, 2.24) is 10.2 Å². The first-order valence-corrected chi connectivity index (χ1v) is 12.1. The number of unbranched alkanes of at least 4 members (excludes halogenated alkanes) is 1. The number of carbonyl (C=O) groups is 3. The molecule has 180 valence electrons. The fourth-order valence-electron chi connectivity index (χ4n) is 4.45. The van der Waals surface area contributed by atoms with E-state index in [-0.39, 0.29) is 36.1 Å². The van der Waals surface area contributed by atoms with Gasteiger partial charge in [-0.05, 0) is 54.7 Å². The van der Waals surface area contributed by atoms with Crippen LogP contribution in [-0.4, -0.2) is 36.3 Å². The molecule has 2 aromatic rings. The summed E-state index contributed by atoms with van der Waals surface area (Å²) >= 11 is 0. The van der Waals surface area contributed by atoms with E-state index < -0.39 is 5.92 Å². The van der Waals surface area contributed by atoms with Crippen LogP contribution in [0.25, 0.3) is 0 Å². The standard InChI is InChI=1S/C27H33N3O4/c1-3-4-15-30-24(31)16-23(25(30)19-9-13-22(34-2)14-10-19)27(33)28-17-18-5-11-21(12-6-18)29-26(32)20-7-8-20/h5-6,9-14,20,23,25H,3-4,7-8,15-17H2,1-2H3,(H,28,33)(H,29,32). The third kappa shape index (κ3) is 5.58. The summed E-state index contributed by atoms with van der Waals surface area (Å²) in [7, 11) is 1.62. The van der Waals surface area contributed by atoms with Crippen LogP contribution in [-0.2, 0) is 20.9 Å². The molecule has 1 aliphatic heterocycles. The third-order valence-corrected chi connectivity index (χ3v) is 6.61. The molecule has 0 aromatic heterocycles. The number of methoxy groups -OCH3 is 1. The Kier molecular flexibility index (Phi) is 7.50.